The molecule has 1 aliphatic rings. The van der Waals surface area contributed by atoms with Crippen LogP contribution >= 0.6 is 11.8 Å². The number of nitrogens with zero attached hydrogens (tertiary/aromatic N) is 2. The Morgan fingerprint density at radius 2 is 1.59 bits per heavy atom. The highest BCUT2D eigenvalue weighted by Gasteiger charge is 2.29. The number of thioether (sulfide) groups is 1. The van der Waals surface area contributed by atoms with Gasteiger partial charge >= 0.3 is 0 Å². The third-order valence-corrected chi connectivity index (χ3v) is 8.18. The molecule has 1 heterocycles. The maximum Gasteiger partial charge on any atom is 0.243 e. The second kappa shape index (κ2) is 11.6. The Bertz CT molecular complexity index is 970. The van der Waals surface area contributed by atoms with Gasteiger partial charge in [-0.25, -0.2) is 8.42 Å². The molecule has 2 aromatic carbocycles. The van der Waals surface area contributed by atoms with Crippen LogP contribution in [0.1, 0.15) is 12.0 Å². The summed E-state index contributed by atoms with van der Waals surface area (Å²) in [5, 5.41) is 0. The Morgan fingerprint density at radius 1 is 0.969 bits per heavy atom. The van der Waals surface area contributed by atoms with E-state index >= 15 is 0 Å². The third-order valence-electron chi connectivity index (χ3n) is 5.24. The van der Waals surface area contributed by atoms with Gasteiger partial charge in [-0.05, 0) is 55.5 Å². The van der Waals surface area contributed by atoms with Crippen molar-refractivity contribution in [3.63, 3.8) is 0 Å². The number of carbonyl (C=O) groups is 1. The first-order chi connectivity index (χ1) is 15.4. The standard InChI is InChI=1S/C23H30N2O5S2/c1-19-4-10-22(11-5-19)32(27,28)25-14-12-24(13-15-25)23(26)18-31-17-3-16-30-21-8-6-20(29-2)7-9-21/h4-11H,3,12-18H2,1-2H3. The molecule has 0 unspecified atom stereocenters. The van der Waals surface area contributed by atoms with Crippen LogP contribution in [0, 0.1) is 6.92 Å². The van der Waals surface area contributed by atoms with Gasteiger partial charge in [-0.2, -0.15) is 16.1 Å². The van der Waals surface area contributed by atoms with E-state index in [2.05, 4.69) is 0 Å². The fourth-order valence-electron chi connectivity index (χ4n) is 3.31. The number of rotatable bonds is 10. The summed E-state index contributed by atoms with van der Waals surface area (Å²) >= 11 is 1.58. The van der Waals surface area contributed by atoms with Gasteiger partial charge in [0.25, 0.3) is 0 Å². The Balaban J connectivity index is 1.33. The van der Waals surface area contributed by atoms with Crippen LogP contribution in [0.5, 0.6) is 11.5 Å². The van der Waals surface area contributed by atoms with Gasteiger partial charge in [0.15, 0.2) is 0 Å². The summed E-state index contributed by atoms with van der Waals surface area (Å²) in [5.41, 5.74) is 1.02. The van der Waals surface area contributed by atoms with E-state index in [-0.39, 0.29) is 5.91 Å². The number of benzene rings is 2. The van der Waals surface area contributed by atoms with Crippen LogP contribution in [0.25, 0.3) is 0 Å². The lowest BCUT2D eigenvalue weighted by molar-refractivity contribution is -0.129. The zero-order chi connectivity index (χ0) is 23.0. The molecule has 9 heteroatoms. The molecule has 2 aromatic rings. The molecule has 1 saturated heterocycles. The monoisotopic (exact) mass is 478 g/mol. The first kappa shape index (κ1) is 24.4. The maximum atomic E-state index is 12.8. The van der Waals surface area contributed by atoms with Gasteiger partial charge in [0, 0.05) is 26.2 Å². The molecule has 1 amide bonds. The second-order valence-electron chi connectivity index (χ2n) is 7.53. The van der Waals surface area contributed by atoms with E-state index in [0.717, 1.165) is 29.2 Å². The quantitative estimate of drug-likeness (QED) is 0.489. The summed E-state index contributed by atoms with van der Waals surface area (Å²) in [6, 6.07) is 14.3. The van der Waals surface area contributed by atoms with Crippen LogP contribution in [0.4, 0.5) is 0 Å². The van der Waals surface area contributed by atoms with Crippen LogP contribution in [0.15, 0.2) is 53.4 Å². The largest absolute Gasteiger partial charge is 0.497 e. The van der Waals surface area contributed by atoms with E-state index in [1.165, 1.54) is 4.31 Å². The number of amides is 1. The number of piperazine rings is 1. The molecule has 0 saturated carbocycles. The summed E-state index contributed by atoms with van der Waals surface area (Å²) in [7, 11) is -1.89. The van der Waals surface area contributed by atoms with Crippen molar-refractivity contribution < 1.29 is 22.7 Å². The highest BCUT2D eigenvalue weighted by atomic mass is 32.2. The summed E-state index contributed by atoms with van der Waals surface area (Å²) in [6.07, 6.45) is 0.840. The molecule has 0 bridgehead atoms. The Hall–Kier alpha value is -2.23. The number of hydrogen-bond donors (Lipinski definition) is 0. The fourth-order valence-corrected chi connectivity index (χ4v) is 5.56. The van der Waals surface area contributed by atoms with E-state index < -0.39 is 10.0 Å². The lowest BCUT2D eigenvalue weighted by atomic mass is 10.2. The van der Waals surface area contributed by atoms with Gasteiger partial charge in [0.2, 0.25) is 15.9 Å². The molecule has 1 fully saturated rings. The number of aryl methyl sites for hydroxylation is 1. The lowest BCUT2D eigenvalue weighted by Gasteiger charge is -2.34. The average molecular weight is 479 g/mol. The van der Waals surface area contributed by atoms with Crippen LogP contribution in [-0.2, 0) is 14.8 Å². The summed E-state index contributed by atoms with van der Waals surface area (Å²) in [5.74, 6) is 2.86. The van der Waals surface area contributed by atoms with E-state index in [4.69, 9.17) is 9.47 Å². The normalized spacial score (nSPS) is 14.9. The SMILES string of the molecule is COc1ccc(OCCCSCC(=O)N2CCN(S(=O)(=O)c3ccc(C)cc3)CC2)cc1. The van der Waals surface area contributed by atoms with Gasteiger partial charge in [-0.3, -0.25) is 4.79 Å². The molecule has 3 rings (SSSR count). The molecule has 0 aliphatic carbocycles. The molecule has 0 radical (unpaired) electrons. The van der Waals surface area contributed by atoms with Crippen molar-refractivity contribution in [3.8, 4) is 11.5 Å². The lowest BCUT2D eigenvalue weighted by Crippen LogP contribution is -2.51. The molecule has 1 aliphatic heterocycles. The number of sulfonamides is 1. The van der Waals surface area contributed by atoms with Crippen molar-refractivity contribution in [1.82, 2.24) is 9.21 Å². The Kier molecular flexibility index (Phi) is 8.84. The Labute approximate surface area is 194 Å². The number of carbonyl (C=O) groups excluding carboxylic acids is 1. The summed E-state index contributed by atoms with van der Waals surface area (Å²) in [4.78, 5) is 14.5. The average Bonchev–Trinajstić information content (AvgIpc) is 2.82. The number of ether oxygens (including phenoxy) is 2. The zero-order valence-corrected chi connectivity index (χ0v) is 20.2. The molecular formula is C23H30N2O5S2. The maximum absolute atomic E-state index is 12.8. The molecule has 0 aromatic heterocycles. The highest BCUT2D eigenvalue weighted by Crippen LogP contribution is 2.19. The fraction of sp³-hybridized carbons (Fsp3) is 0.435. The van der Waals surface area contributed by atoms with Crippen LogP contribution in [0.2, 0.25) is 0 Å². The van der Waals surface area contributed by atoms with Crippen molar-refractivity contribution in [2.75, 3.05) is 51.4 Å². The van der Waals surface area contributed by atoms with Crippen molar-refractivity contribution in [1.29, 1.82) is 0 Å². The highest BCUT2D eigenvalue weighted by molar-refractivity contribution is 7.99. The first-order valence-electron chi connectivity index (χ1n) is 10.6. The van der Waals surface area contributed by atoms with Gasteiger partial charge in [-0.1, -0.05) is 17.7 Å². The topological polar surface area (TPSA) is 76.2 Å². The van der Waals surface area contributed by atoms with E-state index in [0.29, 0.717) is 43.4 Å². The predicted octanol–water partition coefficient (Wildman–Crippen LogP) is 3.04. The summed E-state index contributed by atoms with van der Waals surface area (Å²) < 4.78 is 37.8. The summed E-state index contributed by atoms with van der Waals surface area (Å²) in [6.45, 7) is 4.00. The smallest absolute Gasteiger partial charge is 0.243 e. The second-order valence-corrected chi connectivity index (χ2v) is 10.6. The molecular weight excluding hydrogens is 448 g/mol. The predicted molar refractivity (Wildman–Crippen MR) is 127 cm³/mol. The minimum Gasteiger partial charge on any atom is -0.497 e. The van der Waals surface area contributed by atoms with Crippen LogP contribution < -0.4 is 9.47 Å². The molecule has 7 nitrogen and oxygen atoms in total. The molecule has 0 N–H and O–H groups in total. The van der Waals surface area contributed by atoms with Crippen molar-refractivity contribution in [2.24, 2.45) is 0 Å². The first-order valence-corrected chi connectivity index (χ1v) is 13.2. The van der Waals surface area contributed by atoms with E-state index in [9.17, 15) is 13.2 Å². The Morgan fingerprint density at radius 3 is 2.22 bits per heavy atom. The van der Waals surface area contributed by atoms with Crippen molar-refractivity contribution in [2.45, 2.75) is 18.2 Å². The van der Waals surface area contributed by atoms with Crippen molar-refractivity contribution in [3.05, 3.63) is 54.1 Å². The third kappa shape index (κ3) is 6.63. The minimum atomic E-state index is -3.51. The molecule has 0 spiro atoms. The van der Waals surface area contributed by atoms with Gasteiger partial charge in [0.1, 0.15) is 11.5 Å². The van der Waals surface area contributed by atoms with Crippen molar-refractivity contribution >= 4 is 27.7 Å². The van der Waals surface area contributed by atoms with Crippen LogP contribution in [-0.4, -0.2) is 74.9 Å². The van der Waals surface area contributed by atoms with E-state index in [1.54, 1.807) is 48.0 Å². The van der Waals surface area contributed by atoms with Gasteiger partial charge in [-0.15, -0.1) is 0 Å². The molecule has 0 atom stereocenters. The number of methoxy groups -OCH3 is 1. The minimum absolute atomic E-state index is 0.0541. The zero-order valence-electron chi connectivity index (χ0n) is 18.5. The van der Waals surface area contributed by atoms with Crippen LogP contribution in [0.3, 0.4) is 0 Å². The van der Waals surface area contributed by atoms with E-state index in [1.807, 2.05) is 31.2 Å². The van der Waals surface area contributed by atoms with Gasteiger partial charge < -0.3 is 14.4 Å². The molecule has 174 valence electrons. The van der Waals surface area contributed by atoms with Gasteiger partial charge in [0.05, 0.1) is 24.4 Å². The molecule has 32 heavy (non-hydrogen) atoms. The number of hydrogen-bond acceptors (Lipinski definition) is 6.